The molecule has 0 radical (unpaired) electrons. The van der Waals surface area contributed by atoms with Crippen molar-refractivity contribution < 1.29 is 13.2 Å². The van der Waals surface area contributed by atoms with Crippen LogP contribution in [0, 0.1) is 4.77 Å². The lowest BCUT2D eigenvalue weighted by Gasteiger charge is -2.07. The molecule has 1 rings (SSSR count). The monoisotopic (exact) mass is 238 g/mol. The molecule has 1 aromatic rings. The third-order valence-electron chi connectivity index (χ3n) is 1.76. The van der Waals surface area contributed by atoms with Gasteiger partial charge in [-0.25, -0.2) is 0 Å². The van der Waals surface area contributed by atoms with E-state index >= 15 is 0 Å². The molecule has 0 saturated carbocycles. The quantitative estimate of drug-likeness (QED) is 0.820. The molecule has 0 aliphatic carbocycles. The molecule has 15 heavy (non-hydrogen) atoms. The lowest BCUT2D eigenvalue weighted by atomic mass is 10.3. The summed E-state index contributed by atoms with van der Waals surface area (Å²) in [4.78, 5) is 13.1. The third kappa shape index (κ3) is 4.28. The maximum atomic E-state index is 11.8. The van der Waals surface area contributed by atoms with Gasteiger partial charge in [-0.15, -0.1) is 0 Å². The SMILES string of the molecule is O=c1ccn(CCCC(F)(F)F)c(=S)[nH]1. The topological polar surface area (TPSA) is 37.8 Å². The van der Waals surface area contributed by atoms with Crippen LogP contribution in [0.1, 0.15) is 12.8 Å². The Balaban J connectivity index is 2.59. The molecule has 0 aliphatic heterocycles. The first kappa shape index (κ1) is 12.0. The van der Waals surface area contributed by atoms with Gasteiger partial charge in [0.2, 0.25) is 0 Å². The molecule has 0 saturated heterocycles. The van der Waals surface area contributed by atoms with Gasteiger partial charge in [0.05, 0.1) is 0 Å². The minimum atomic E-state index is -4.15. The minimum absolute atomic E-state index is 0.0517. The summed E-state index contributed by atoms with van der Waals surface area (Å²) in [5, 5.41) is 0. The van der Waals surface area contributed by atoms with Crippen LogP contribution in [0.25, 0.3) is 0 Å². The summed E-state index contributed by atoms with van der Waals surface area (Å²) in [6.07, 6.45) is -3.67. The molecule has 0 atom stereocenters. The molecule has 0 bridgehead atoms. The number of nitrogens with one attached hydrogen (secondary N) is 1. The fourth-order valence-corrected chi connectivity index (χ4v) is 1.32. The van der Waals surface area contributed by atoms with E-state index in [1.807, 2.05) is 0 Å². The van der Waals surface area contributed by atoms with Crippen molar-refractivity contribution >= 4 is 12.2 Å². The van der Waals surface area contributed by atoms with Gasteiger partial charge < -0.3 is 4.57 Å². The van der Waals surface area contributed by atoms with E-state index < -0.39 is 12.6 Å². The molecule has 1 N–H and O–H groups in total. The predicted molar refractivity (Wildman–Crippen MR) is 51.2 cm³/mol. The summed E-state index contributed by atoms with van der Waals surface area (Å²) in [5.41, 5.74) is -0.355. The molecule has 3 nitrogen and oxygen atoms in total. The number of nitrogens with zero attached hydrogens (tertiary/aromatic N) is 1. The molecular formula is C8H9F3N2OS. The van der Waals surface area contributed by atoms with E-state index in [-0.39, 0.29) is 23.3 Å². The number of hydrogen-bond donors (Lipinski definition) is 1. The summed E-state index contributed by atoms with van der Waals surface area (Å²) in [6, 6.07) is 1.23. The average molecular weight is 238 g/mol. The minimum Gasteiger partial charge on any atom is -0.325 e. The van der Waals surface area contributed by atoms with Crippen molar-refractivity contribution in [2.45, 2.75) is 25.6 Å². The highest BCUT2D eigenvalue weighted by Crippen LogP contribution is 2.21. The second-order valence-corrected chi connectivity index (χ2v) is 3.41. The Morgan fingerprint density at radius 3 is 2.67 bits per heavy atom. The molecule has 1 aromatic heterocycles. The van der Waals surface area contributed by atoms with E-state index in [1.54, 1.807) is 0 Å². The second-order valence-electron chi connectivity index (χ2n) is 3.02. The van der Waals surface area contributed by atoms with E-state index in [4.69, 9.17) is 12.2 Å². The van der Waals surface area contributed by atoms with Crippen LogP contribution in [0.3, 0.4) is 0 Å². The highest BCUT2D eigenvalue weighted by Gasteiger charge is 2.25. The van der Waals surface area contributed by atoms with Gasteiger partial charge in [-0.2, -0.15) is 13.2 Å². The lowest BCUT2D eigenvalue weighted by Crippen LogP contribution is -2.13. The van der Waals surface area contributed by atoms with E-state index in [1.165, 1.54) is 16.8 Å². The highest BCUT2D eigenvalue weighted by molar-refractivity contribution is 7.71. The van der Waals surface area contributed by atoms with Gasteiger partial charge in [0.15, 0.2) is 4.77 Å². The zero-order valence-corrected chi connectivity index (χ0v) is 8.49. The lowest BCUT2D eigenvalue weighted by molar-refractivity contribution is -0.135. The van der Waals surface area contributed by atoms with Gasteiger partial charge in [0.1, 0.15) is 0 Å². The Kier molecular flexibility index (Phi) is 3.67. The van der Waals surface area contributed by atoms with Crippen LogP contribution in [0.4, 0.5) is 13.2 Å². The Labute approximate surface area is 88.6 Å². The van der Waals surface area contributed by atoms with Crippen LogP contribution in [0.5, 0.6) is 0 Å². The first-order valence-electron chi connectivity index (χ1n) is 4.25. The van der Waals surface area contributed by atoms with Gasteiger partial charge in [0, 0.05) is 25.2 Å². The Bertz CT molecular complexity index is 434. The number of aromatic amines is 1. The molecule has 0 amide bonds. The second kappa shape index (κ2) is 4.61. The molecular weight excluding hydrogens is 229 g/mol. The Morgan fingerprint density at radius 1 is 1.47 bits per heavy atom. The van der Waals surface area contributed by atoms with E-state index in [9.17, 15) is 18.0 Å². The first-order chi connectivity index (χ1) is 6.88. The highest BCUT2D eigenvalue weighted by atomic mass is 32.1. The first-order valence-corrected chi connectivity index (χ1v) is 4.66. The molecule has 1 heterocycles. The Morgan fingerprint density at radius 2 is 2.13 bits per heavy atom. The van der Waals surface area contributed by atoms with E-state index in [0.29, 0.717) is 0 Å². The van der Waals surface area contributed by atoms with Crippen molar-refractivity contribution in [3.8, 4) is 0 Å². The Hall–Kier alpha value is -1.11. The van der Waals surface area contributed by atoms with Crippen LogP contribution in [-0.4, -0.2) is 15.7 Å². The average Bonchev–Trinajstić information content (AvgIpc) is 2.07. The van der Waals surface area contributed by atoms with Crippen LogP contribution in [-0.2, 0) is 6.54 Å². The summed E-state index contributed by atoms with van der Waals surface area (Å²) in [7, 11) is 0. The summed E-state index contributed by atoms with van der Waals surface area (Å²) < 4.78 is 37.0. The third-order valence-corrected chi connectivity index (χ3v) is 2.09. The smallest absolute Gasteiger partial charge is 0.325 e. The number of aromatic nitrogens is 2. The van der Waals surface area contributed by atoms with Crippen LogP contribution >= 0.6 is 12.2 Å². The van der Waals surface area contributed by atoms with Crippen molar-refractivity contribution in [2.24, 2.45) is 0 Å². The fourth-order valence-electron chi connectivity index (χ4n) is 1.07. The van der Waals surface area contributed by atoms with Gasteiger partial charge >= 0.3 is 6.18 Å². The molecule has 84 valence electrons. The molecule has 7 heteroatoms. The van der Waals surface area contributed by atoms with Gasteiger partial charge in [-0.1, -0.05) is 0 Å². The maximum Gasteiger partial charge on any atom is 0.389 e. The van der Waals surface area contributed by atoms with Crippen LogP contribution in [0.15, 0.2) is 17.1 Å². The van der Waals surface area contributed by atoms with Gasteiger partial charge in [-0.3, -0.25) is 9.78 Å². The summed E-state index contributed by atoms with van der Waals surface area (Å²) in [5.74, 6) is 0. The van der Waals surface area contributed by atoms with Gasteiger partial charge in [-0.05, 0) is 18.6 Å². The number of hydrogen-bond acceptors (Lipinski definition) is 2. The van der Waals surface area contributed by atoms with Crippen molar-refractivity contribution in [2.75, 3.05) is 0 Å². The van der Waals surface area contributed by atoms with Crippen molar-refractivity contribution in [3.05, 3.63) is 27.4 Å². The van der Waals surface area contributed by atoms with Crippen molar-refractivity contribution in [1.82, 2.24) is 9.55 Å². The number of aryl methyl sites for hydroxylation is 1. The van der Waals surface area contributed by atoms with Crippen LogP contribution < -0.4 is 5.56 Å². The predicted octanol–water partition coefficient (Wildman–Crippen LogP) is 2.25. The van der Waals surface area contributed by atoms with Crippen LogP contribution in [0.2, 0.25) is 0 Å². The van der Waals surface area contributed by atoms with E-state index in [0.717, 1.165) is 0 Å². The summed E-state index contributed by atoms with van der Waals surface area (Å²) in [6.45, 7) is 0.148. The molecule has 0 spiro atoms. The number of H-pyrrole nitrogens is 1. The molecule has 0 aliphatic rings. The standard InChI is InChI=1S/C8H9F3N2OS/c9-8(10,11)3-1-4-13-5-2-6(14)12-7(13)15/h2,5H,1,3-4H2,(H,12,14,15). The zero-order valence-electron chi connectivity index (χ0n) is 7.67. The fraction of sp³-hybridized carbons (Fsp3) is 0.500. The van der Waals surface area contributed by atoms with E-state index in [2.05, 4.69) is 4.98 Å². The molecule has 0 aromatic carbocycles. The number of halogens is 3. The molecule has 0 fully saturated rings. The molecule has 0 unspecified atom stereocenters. The number of rotatable bonds is 3. The maximum absolute atomic E-state index is 11.8. The van der Waals surface area contributed by atoms with Gasteiger partial charge in [0.25, 0.3) is 5.56 Å². The summed E-state index contributed by atoms with van der Waals surface area (Å²) >= 11 is 4.77. The normalized spacial score (nSPS) is 11.7. The van der Waals surface area contributed by atoms with Crippen molar-refractivity contribution in [3.63, 3.8) is 0 Å². The number of alkyl halides is 3. The van der Waals surface area contributed by atoms with Crippen molar-refractivity contribution in [1.29, 1.82) is 0 Å². The zero-order chi connectivity index (χ0) is 11.5. The largest absolute Gasteiger partial charge is 0.389 e.